The number of rotatable bonds is 5. The number of carboxylic acids is 1. The molecule has 22 heavy (non-hydrogen) atoms. The van der Waals surface area contributed by atoms with Gasteiger partial charge < -0.3 is 5.11 Å². The number of aliphatic hydroxyl groups is 1. The molecule has 118 valence electrons. The number of hydrogen-bond acceptors (Lipinski definition) is 2. The molecule has 0 amide bonds. The van der Waals surface area contributed by atoms with E-state index in [1.54, 1.807) is 0 Å². The van der Waals surface area contributed by atoms with Crippen molar-refractivity contribution >= 4 is 44.8 Å². The first-order valence-corrected chi connectivity index (χ1v) is 10.5. The van der Waals surface area contributed by atoms with Gasteiger partial charge in [0.2, 0.25) is 0 Å². The molecule has 0 aromatic heterocycles. The van der Waals surface area contributed by atoms with Gasteiger partial charge in [-0.3, -0.25) is 4.79 Å². The van der Waals surface area contributed by atoms with Crippen LogP contribution in [0, 0.1) is 0 Å². The molecule has 0 saturated heterocycles. The summed E-state index contributed by atoms with van der Waals surface area (Å²) in [5.74, 6) is -0.833. The van der Waals surface area contributed by atoms with Crippen molar-refractivity contribution in [2.75, 3.05) is 0 Å². The van der Waals surface area contributed by atoms with Crippen LogP contribution < -0.4 is 8.92 Å². The third-order valence-corrected chi connectivity index (χ3v) is 9.39. The van der Waals surface area contributed by atoms with Crippen LogP contribution in [-0.4, -0.2) is 52.2 Å². The molecule has 0 aliphatic heterocycles. The fourth-order valence-electron chi connectivity index (χ4n) is 1.49. The van der Waals surface area contributed by atoms with Gasteiger partial charge in [0, 0.05) is 6.92 Å². The molecule has 2 aromatic carbocycles. The molecule has 0 heterocycles. The van der Waals surface area contributed by atoms with Crippen molar-refractivity contribution in [1.29, 1.82) is 0 Å². The second kappa shape index (κ2) is 10.6. The summed E-state index contributed by atoms with van der Waals surface area (Å²) in [5.41, 5.74) is 0. The zero-order valence-corrected chi connectivity index (χ0v) is 16.0. The van der Waals surface area contributed by atoms with Crippen molar-refractivity contribution in [2.24, 2.45) is 0 Å². The Labute approximate surface area is 144 Å². The molecule has 0 aliphatic rings. The minimum absolute atomic E-state index is 0.231. The molecule has 0 aliphatic carbocycles. The topological polar surface area (TPSA) is 57.5 Å². The number of carboxylic acid groups (broad SMARTS) is 1. The van der Waals surface area contributed by atoms with Crippen molar-refractivity contribution in [2.45, 2.75) is 23.7 Å². The zero-order chi connectivity index (χ0) is 16.4. The predicted octanol–water partition coefficient (Wildman–Crippen LogP) is 1.26. The van der Waals surface area contributed by atoms with Crippen molar-refractivity contribution < 1.29 is 15.0 Å². The first-order valence-electron chi connectivity index (χ1n) is 6.80. The number of hydrogen-bond donors (Lipinski definition) is 2. The van der Waals surface area contributed by atoms with Crippen LogP contribution >= 0.6 is 0 Å². The van der Waals surface area contributed by atoms with Crippen LogP contribution in [0.5, 0.6) is 0 Å². The van der Waals surface area contributed by atoms with Gasteiger partial charge in [-0.25, -0.2) is 0 Å². The van der Waals surface area contributed by atoms with E-state index in [0.29, 0.717) is 33.6 Å². The van der Waals surface area contributed by atoms with E-state index in [0.717, 1.165) is 6.92 Å². The van der Waals surface area contributed by atoms with Crippen LogP contribution in [0.4, 0.5) is 0 Å². The first-order chi connectivity index (χ1) is 10.5. The normalized spacial score (nSPS) is 11.5. The Kier molecular flexibility index (Phi) is 9.14. The maximum atomic E-state index is 9.97. The Balaban J connectivity index is 0.000000541. The molecule has 0 unspecified atom stereocenters. The summed E-state index contributed by atoms with van der Waals surface area (Å²) >= 11 is 0.677. The Morgan fingerprint density at radius 1 is 0.909 bits per heavy atom. The molecule has 5 heteroatoms. The summed E-state index contributed by atoms with van der Waals surface area (Å²) in [5, 5.41) is 17.4. The van der Waals surface area contributed by atoms with Crippen LogP contribution in [0.25, 0.3) is 0 Å². The molecule has 1 atom stereocenters. The second-order valence-corrected chi connectivity index (χ2v) is 11.1. The third-order valence-electron chi connectivity index (χ3n) is 2.38. The van der Waals surface area contributed by atoms with E-state index in [1.165, 1.54) is 8.92 Å². The number of benzene rings is 2. The fraction of sp³-hybridized carbons (Fsp3) is 0.235. The second-order valence-electron chi connectivity index (χ2n) is 4.49. The van der Waals surface area contributed by atoms with Crippen molar-refractivity contribution in [3.63, 3.8) is 0 Å². The van der Waals surface area contributed by atoms with Gasteiger partial charge in [0.05, 0.1) is 0 Å². The number of aliphatic carboxylic acids is 1. The molecule has 3 nitrogen and oxygen atoms in total. The molecule has 0 fully saturated rings. The van der Waals surface area contributed by atoms with Gasteiger partial charge in [-0.15, -0.1) is 0 Å². The van der Waals surface area contributed by atoms with Crippen LogP contribution in [0.1, 0.15) is 13.8 Å². The Morgan fingerprint density at radius 3 is 1.50 bits per heavy atom. The van der Waals surface area contributed by atoms with E-state index in [2.05, 4.69) is 48.5 Å². The van der Waals surface area contributed by atoms with Gasteiger partial charge >= 0.3 is 121 Å². The fourth-order valence-corrected chi connectivity index (χ4v) is 7.81. The van der Waals surface area contributed by atoms with Crippen LogP contribution in [0.2, 0.25) is 3.71 Å². The van der Waals surface area contributed by atoms with E-state index in [4.69, 9.17) is 9.90 Å². The first kappa shape index (κ1) is 19.0. The summed E-state index contributed by atoms with van der Waals surface area (Å²) in [4.78, 5) is 9.00. The molecule has 0 spiro atoms. The quantitative estimate of drug-likeness (QED) is 0.703. The number of aliphatic hydroxyl groups excluding tert-OH is 1. The average Bonchev–Trinajstić information content (AvgIpc) is 2.48. The third kappa shape index (κ3) is 8.38. The summed E-state index contributed by atoms with van der Waals surface area (Å²) in [6, 6.07) is 21.0. The predicted molar refractivity (Wildman–Crippen MR) is 92.4 cm³/mol. The summed E-state index contributed by atoms with van der Waals surface area (Å²) < 4.78 is 3.14. The summed E-state index contributed by atoms with van der Waals surface area (Å²) in [6.45, 7) is 3.00. The Hall–Kier alpha value is -1.09. The van der Waals surface area contributed by atoms with E-state index in [1.807, 2.05) is 19.1 Å². The number of carbonyl (C=O) groups is 1. The van der Waals surface area contributed by atoms with E-state index in [-0.39, 0.29) is 6.10 Å². The average molecular weight is 430 g/mol. The Bertz CT molecular complexity index is 499. The molecular formula is C17H20O3Se2. The van der Waals surface area contributed by atoms with Crippen molar-refractivity contribution in [1.82, 2.24) is 0 Å². The van der Waals surface area contributed by atoms with E-state index in [9.17, 15) is 5.11 Å². The van der Waals surface area contributed by atoms with Crippen LogP contribution in [0.3, 0.4) is 0 Å². The standard InChI is InChI=1S/C15H16OSe2.C2H4O2/c1-12(16)15(17-13-8-4-2-5-9-13)18-14-10-6-3-7-11-14;1-2(3)4/h2-12,15-16H,1H3;1H3,(H,3,4)/t12-;/m1./s1. The minimum atomic E-state index is -0.833. The van der Waals surface area contributed by atoms with Gasteiger partial charge in [-0.1, -0.05) is 0 Å². The van der Waals surface area contributed by atoms with E-state index >= 15 is 0 Å². The van der Waals surface area contributed by atoms with Crippen LogP contribution in [-0.2, 0) is 4.79 Å². The Morgan fingerprint density at radius 2 is 1.23 bits per heavy atom. The summed E-state index contributed by atoms with van der Waals surface area (Å²) in [7, 11) is 0. The molecule has 0 bridgehead atoms. The molecule has 0 radical (unpaired) electrons. The van der Waals surface area contributed by atoms with Crippen molar-refractivity contribution in [3.8, 4) is 0 Å². The summed E-state index contributed by atoms with van der Waals surface area (Å²) in [6.07, 6.45) is -0.231. The molecule has 2 N–H and O–H groups in total. The maximum absolute atomic E-state index is 9.97. The molecular weight excluding hydrogens is 410 g/mol. The van der Waals surface area contributed by atoms with Gasteiger partial charge in [0.15, 0.2) is 0 Å². The molecule has 2 aromatic rings. The molecule has 2 rings (SSSR count). The zero-order valence-electron chi connectivity index (χ0n) is 12.5. The van der Waals surface area contributed by atoms with Gasteiger partial charge in [0.25, 0.3) is 5.97 Å². The van der Waals surface area contributed by atoms with Crippen LogP contribution in [0.15, 0.2) is 60.7 Å². The monoisotopic (exact) mass is 432 g/mol. The SMILES string of the molecule is CC(=O)O.C[C@@H](O)C([Se]c1ccccc1)[Se]c1ccccc1. The van der Waals surface area contributed by atoms with Gasteiger partial charge in [-0.2, -0.15) is 0 Å². The van der Waals surface area contributed by atoms with Gasteiger partial charge in [0.1, 0.15) is 0 Å². The molecule has 0 saturated carbocycles. The van der Waals surface area contributed by atoms with Gasteiger partial charge in [-0.05, 0) is 0 Å². The van der Waals surface area contributed by atoms with E-state index < -0.39 is 5.97 Å². The van der Waals surface area contributed by atoms with Crippen molar-refractivity contribution in [3.05, 3.63) is 60.7 Å².